The molecule has 3 aromatic carbocycles. The molecule has 0 saturated carbocycles. The molecule has 1 N–H and O–H groups in total. The maximum Gasteiger partial charge on any atom is 0.228 e. The van der Waals surface area contributed by atoms with Gasteiger partial charge < -0.3 is 14.8 Å². The number of ether oxygens (including phenoxy) is 2. The van der Waals surface area contributed by atoms with E-state index < -0.39 is 0 Å². The van der Waals surface area contributed by atoms with E-state index in [1.54, 1.807) is 13.2 Å². The Kier molecular flexibility index (Phi) is 5.32. The average molecular weight is 333 g/mol. The summed E-state index contributed by atoms with van der Waals surface area (Å²) >= 11 is 0. The summed E-state index contributed by atoms with van der Waals surface area (Å²) in [6, 6.07) is 24.3. The minimum absolute atomic E-state index is 0.0815. The zero-order chi connectivity index (χ0) is 17.5. The lowest BCUT2D eigenvalue weighted by Crippen LogP contribution is -2.14. The van der Waals surface area contributed by atoms with Gasteiger partial charge in [0.25, 0.3) is 0 Å². The number of benzene rings is 3. The molecule has 4 nitrogen and oxygen atoms in total. The van der Waals surface area contributed by atoms with Crippen molar-refractivity contribution in [1.29, 1.82) is 0 Å². The predicted molar refractivity (Wildman–Crippen MR) is 98.3 cm³/mol. The van der Waals surface area contributed by atoms with Crippen molar-refractivity contribution >= 4 is 11.6 Å². The van der Waals surface area contributed by atoms with Crippen LogP contribution in [0.25, 0.3) is 0 Å². The molecule has 0 spiro atoms. The molecule has 3 rings (SSSR count). The molecule has 0 unspecified atom stereocenters. The van der Waals surface area contributed by atoms with E-state index in [0.717, 1.165) is 17.1 Å². The van der Waals surface area contributed by atoms with Crippen LogP contribution >= 0.6 is 0 Å². The topological polar surface area (TPSA) is 47.6 Å². The van der Waals surface area contributed by atoms with Crippen LogP contribution in [0.1, 0.15) is 5.56 Å². The molecule has 1 amide bonds. The molecule has 126 valence electrons. The van der Waals surface area contributed by atoms with Crippen LogP contribution in [-0.2, 0) is 11.2 Å². The number of para-hydroxylation sites is 1. The number of hydrogen-bond acceptors (Lipinski definition) is 3. The third-order valence-electron chi connectivity index (χ3n) is 3.62. The molecule has 4 heteroatoms. The van der Waals surface area contributed by atoms with E-state index >= 15 is 0 Å². The number of rotatable bonds is 6. The Morgan fingerprint density at radius 3 is 2.28 bits per heavy atom. The second-order valence-electron chi connectivity index (χ2n) is 5.52. The normalized spacial score (nSPS) is 10.1. The van der Waals surface area contributed by atoms with E-state index in [1.165, 1.54) is 0 Å². The van der Waals surface area contributed by atoms with Gasteiger partial charge in [-0.3, -0.25) is 4.79 Å². The minimum Gasteiger partial charge on any atom is -0.497 e. The van der Waals surface area contributed by atoms with Crippen LogP contribution in [0.5, 0.6) is 17.2 Å². The number of carbonyl (C=O) groups excluding carboxylic acids is 1. The Balaban J connectivity index is 1.62. The highest BCUT2D eigenvalue weighted by atomic mass is 16.5. The van der Waals surface area contributed by atoms with Gasteiger partial charge in [0.05, 0.1) is 13.5 Å². The maximum absolute atomic E-state index is 12.2. The molecule has 0 aliphatic carbocycles. The molecule has 0 atom stereocenters. The van der Waals surface area contributed by atoms with Gasteiger partial charge in [0.15, 0.2) is 0 Å². The lowest BCUT2D eigenvalue weighted by molar-refractivity contribution is -0.115. The van der Waals surface area contributed by atoms with Gasteiger partial charge in [-0.15, -0.1) is 0 Å². The van der Waals surface area contributed by atoms with Crippen LogP contribution in [-0.4, -0.2) is 13.0 Å². The van der Waals surface area contributed by atoms with Gasteiger partial charge in [0.2, 0.25) is 5.91 Å². The molecule has 0 aliphatic rings. The maximum atomic E-state index is 12.2. The number of anilines is 1. The fourth-order valence-corrected chi connectivity index (χ4v) is 2.40. The van der Waals surface area contributed by atoms with E-state index in [4.69, 9.17) is 9.47 Å². The van der Waals surface area contributed by atoms with Crippen molar-refractivity contribution in [3.8, 4) is 17.2 Å². The van der Waals surface area contributed by atoms with Gasteiger partial charge in [-0.2, -0.15) is 0 Å². The SMILES string of the molecule is COc1ccc(CC(=O)Nc2cccc(Oc3ccccc3)c2)cc1. The van der Waals surface area contributed by atoms with Gasteiger partial charge in [0.1, 0.15) is 17.2 Å². The number of methoxy groups -OCH3 is 1. The summed E-state index contributed by atoms with van der Waals surface area (Å²) in [6.45, 7) is 0. The summed E-state index contributed by atoms with van der Waals surface area (Å²) < 4.78 is 10.9. The summed E-state index contributed by atoms with van der Waals surface area (Å²) in [6.07, 6.45) is 0.299. The lowest BCUT2D eigenvalue weighted by Gasteiger charge is -2.09. The Morgan fingerprint density at radius 2 is 1.56 bits per heavy atom. The van der Waals surface area contributed by atoms with Crippen LogP contribution in [0.3, 0.4) is 0 Å². The fraction of sp³-hybridized carbons (Fsp3) is 0.0952. The van der Waals surface area contributed by atoms with Crippen molar-refractivity contribution < 1.29 is 14.3 Å². The zero-order valence-corrected chi connectivity index (χ0v) is 13.9. The summed E-state index contributed by atoms with van der Waals surface area (Å²) in [4.78, 5) is 12.2. The first-order valence-corrected chi connectivity index (χ1v) is 7.99. The smallest absolute Gasteiger partial charge is 0.228 e. The summed E-state index contributed by atoms with van der Waals surface area (Å²) in [7, 11) is 1.62. The van der Waals surface area contributed by atoms with Gasteiger partial charge in [-0.05, 0) is 42.0 Å². The monoisotopic (exact) mass is 333 g/mol. The number of hydrogen-bond donors (Lipinski definition) is 1. The van der Waals surface area contributed by atoms with Gasteiger partial charge in [0, 0.05) is 11.8 Å². The summed E-state index contributed by atoms with van der Waals surface area (Å²) in [5.74, 6) is 2.12. The molecule has 3 aromatic rings. The van der Waals surface area contributed by atoms with E-state index in [9.17, 15) is 4.79 Å². The number of carbonyl (C=O) groups is 1. The molecule has 0 radical (unpaired) electrons. The largest absolute Gasteiger partial charge is 0.497 e. The Hall–Kier alpha value is -3.27. The second-order valence-corrected chi connectivity index (χ2v) is 5.52. The van der Waals surface area contributed by atoms with Crippen molar-refractivity contribution in [2.45, 2.75) is 6.42 Å². The predicted octanol–water partition coefficient (Wildman–Crippen LogP) is 4.67. The standard InChI is InChI=1S/C21H19NO3/c1-24-18-12-10-16(11-13-18)14-21(23)22-17-6-5-9-20(15-17)25-19-7-3-2-4-8-19/h2-13,15H,14H2,1H3,(H,22,23). The minimum atomic E-state index is -0.0815. The van der Waals surface area contributed by atoms with Crippen LogP contribution in [0.4, 0.5) is 5.69 Å². The Morgan fingerprint density at radius 1 is 0.840 bits per heavy atom. The van der Waals surface area contributed by atoms with E-state index in [2.05, 4.69) is 5.32 Å². The van der Waals surface area contributed by atoms with E-state index in [1.807, 2.05) is 72.8 Å². The number of nitrogens with one attached hydrogen (secondary N) is 1. The first-order chi connectivity index (χ1) is 12.2. The van der Waals surface area contributed by atoms with Crippen molar-refractivity contribution in [3.63, 3.8) is 0 Å². The van der Waals surface area contributed by atoms with E-state index in [-0.39, 0.29) is 5.91 Å². The highest BCUT2D eigenvalue weighted by Crippen LogP contribution is 2.24. The third kappa shape index (κ3) is 4.85. The lowest BCUT2D eigenvalue weighted by atomic mass is 10.1. The highest BCUT2D eigenvalue weighted by molar-refractivity contribution is 5.92. The quantitative estimate of drug-likeness (QED) is 0.713. The first kappa shape index (κ1) is 16.6. The van der Waals surface area contributed by atoms with Crippen molar-refractivity contribution in [2.24, 2.45) is 0 Å². The van der Waals surface area contributed by atoms with Crippen LogP contribution in [0.15, 0.2) is 78.9 Å². The zero-order valence-electron chi connectivity index (χ0n) is 13.9. The third-order valence-corrected chi connectivity index (χ3v) is 3.62. The molecule has 0 aliphatic heterocycles. The first-order valence-electron chi connectivity index (χ1n) is 7.99. The van der Waals surface area contributed by atoms with Crippen LogP contribution < -0.4 is 14.8 Å². The molecule has 0 saturated heterocycles. The van der Waals surface area contributed by atoms with Gasteiger partial charge in [-0.1, -0.05) is 36.4 Å². The van der Waals surface area contributed by atoms with Gasteiger partial charge >= 0.3 is 0 Å². The Bertz CT molecular complexity index is 829. The van der Waals surface area contributed by atoms with Gasteiger partial charge in [-0.25, -0.2) is 0 Å². The molecule has 0 fully saturated rings. The molecule has 0 heterocycles. The molecule has 0 aromatic heterocycles. The molecular weight excluding hydrogens is 314 g/mol. The van der Waals surface area contributed by atoms with Crippen molar-refractivity contribution in [1.82, 2.24) is 0 Å². The average Bonchev–Trinajstić information content (AvgIpc) is 2.63. The molecule has 25 heavy (non-hydrogen) atoms. The van der Waals surface area contributed by atoms with Crippen LogP contribution in [0.2, 0.25) is 0 Å². The summed E-state index contributed by atoms with van der Waals surface area (Å²) in [5, 5.41) is 2.89. The highest BCUT2D eigenvalue weighted by Gasteiger charge is 2.06. The Labute approximate surface area is 147 Å². The fourth-order valence-electron chi connectivity index (χ4n) is 2.40. The van der Waals surface area contributed by atoms with Crippen LogP contribution in [0, 0.1) is 0 Å². The molecule has 0 bridgehead atoms. The molecular formula is C21H19NO3. The summed E-state index contributed by atoms with van der Waals surface area (Å²) in [5.41, 5.74) is 1.63. The van der Waals surface area contributed by atoms with E-state index in [0.29, 0.717) is 17.9 Å². The second kappa shape index (κ2) is 8.02. The number of amides is 1. The van der Waals surface area contributed by atoms with Crippen molar-refractivity contribution in [2.75, 3.05) is 12.4 Å². The van der Waals surface area contributed by atoms with Crippen molar-refractivity contribution in [3.05, 3.63) is 84.4 Å².